The van der Waals surface area contributed by atoms with E-state index >= 15 is 0 Å². The zero-order valence-corrected chi connectivity index (χ0v) is 9.75. The molecule has 3 heteroatoms. The van der Waals surface area contributed by atoms with E-state index in [0.717, 1.165) is 0 Å². The summed E-state index contributed by atoms with van der Waals surface area (Å²) in [4.78, 5) is 0. The Morgan fingerprint density at radius 2 is 1.40 bits per heavy atom. The zero-order valence-electron chi connectivity index (χ0n) is 5.64. The van der Waals surface area contributed by atoms with Crippen molar-refractivity contribution in [2.75, 3.05) is 0 Å². The first-order valence-electron chi connectivity index (χ1n) is 2.48. The third-order valence-electron chi connectivity index (χ3n) is 0.777. The van der Waals surface area contributed by atoms with Crippen LogP contribution in [-0.4, -0.2) is 0 Å². The molecule has 0 aliphatic carbocycles. The molecule has 53 valence electrons. The molecule has 1 heterocycles. The molecule has 0 saturated carbocycles. The van der Waals surface area contributed by atoms with Crippen LogP contribution in [0.15, 0.2) is 30.6 Å². The van der Waals surface area contributed by atoms with Gasteiger partial charge in [0.25, 0.3) is 0 Å². The minimum atomic E-state index is 0. The van der Waals surface area contributed by atoms with Crippen molar-refractivity contribution in [3.8, 4) is 0 Å². The van der Waals surface area contributed by atoms with Gasteiger partial charge >= 0.3 is 22.4 Å². The van der Waals surface area contributed by atoms with E-state index in [9.17, 15) is 0 Å². The molecule has 0 saturated heterocycles. The Labute approximate surface area is 83.4 Å². The number of hydrogen-bond donors (Lipinski definition) is 1. The summed E-state index contributed by atoms with van der Waals surface area (Å²) in [6, 6.07) is 5.84. The molecular weight excluding hydrogens is 311 g/mol. The van der Waals surface area contributed by atoms with Gasteiger partial charge in [-0.3, -0.25) is 6.26 Å². The molecule has 1 aromatic rings. The van der Waals surface area contributed by atoms with Crippen LogP contribution in [0.1, 0.15) is 0 Å². The largest absolute Gasteiger partial charge is 2.00 e. The molecule has 0 unspecified atom stereocenters. The molecule has 0 fully saturated rings. The second-order valence-electron chi connectivity index (χ2n) is 1.39. The molecule has 1 radical (unpaired) electrons. The van der Waals surface area contributed by atoms with Crippen LogP contribution in [0.4, 0.5) is 0 Å². The summed E-state index contributed by atoms with van der Waals surface area (Å²) in [5.41, 5.74) is 0. The van der Waals surface area contributed by atoms with Gasteiger partial charge in [-0.1, -0.05) is 18.2 Å². The van der Waals surface area contributed by atoms with Gasteiger partial charge in [0.2, 0.25) is 0 Å². The second kappa shape index (κ2) is 9.11. The third-order valence-corrected chi connectivity index (χ3v) is 0.777. The molecule has 0 atom stereocenters. The van der Waals surface area contributed by atoms with Crippen LogP contribution in [0.3, 0.4) is 0 Å². The van der Waals surface area contributed by atoms with Gasteiger partial charge in [-0.05, 0) is 0 Å². The van der Waals surface area contributed by atoms with Gasteiger partial charge in [-0.25, -0.2) is 0 Å². The first-order chi connectivity index (χ1) is 4.39. The maximum atomic E-state index is 3.64. The Balaban J connectivity index is 0. The summed E-state index contributed by atoms with van der Waals surface area (Å²) in [5.74, 6) is 0. The van der Waals surface area contributed by atoms with Crippen molar-refractivity contribution in [2.24, 2.45) is 0 Å². The Bertz CT molecular complexity index is 144. The molecule has 0 spiro atoms. The molecule has 0 aliphatic rings. The van der Waals surface area contributed by atoms with E-state index in [1.165, 1.54) is 0 Å². The molecule has 1 aromatic heterocycles. The topological polar surface area (TPSA) is 3.88 Å². The minimum absolute atomic E-state index is 0. The zero-order chi connectivity index (χ0) is 7.11. The SMILES string of the molecule is [CH2-]S.[CH2-][n+]1ccccc1.[Ta+2]. The van der Waals surface area contributed by atoms with Crippen molar-refractivity contribution >= 4 is 12.6 Å². The quantitative estimate of drug-likeness (QED) is 0.417. The van der Waals surface area contributed by atoms with E-state index in [1.54, 1.807) is 4.57 Å². The molecule has 0 amide bonds. The molecule has 1 rings (SSSR count). The van der Waals surface area contributed by atoms with Crippen molar-refractivity contribution in [1.29, 1.82) is 0 Å². The predicted molar refractivity (Wildman–Crippen MR) is 41.7 cm³/mol. The van der Waals surface area contributed by atoms with Crippen molar-refractivity contribution in [3.05, 3.63) is 43.9 Å². The standard InChI is InChI=1S/C6H7N.CH3S.Ta/c1-7-5-3-2-4-6-7;1-2;/h2-6H,1H2;2H,1H2;/q;-1;+2. The van der Waals surface area contributed by atoms with E-state index in [1.807, 2.05) is 30.6 Å². The first-order valence-corrected chi connectivity index (χ1v) is 3.11. The summed E-state index contributed by atoms with van der Waals surface area (Å²) in [7, 11) is 3.64. The Kier molecular flexibility index (Phi) is 11.6. The van der Waals surface area contributed by atoms with Crippen LogP contribution < -0.4 is 4.57 Å². The number of aromatic nitrogens is 1. The van der Waals surface area contributed by atoms with Crippen LogP contribution in [0.5, 0.6) is 0 Å². The number of hydrogen-bond acceptors (Lipinski definition) is 1. The monoisotopic (exact) mass is 321 g/mol. The van der Waals surface area contributed by atoms with Gasteiger partial charge < -0.3 is 17.2 Å². The first kappa shape index (κ1) is 12.8. The van der Waals surface area contributed by atoms with Gasteiger partial charge in [0.05, 0.1) is 12.4 Å². The molecule has 0 N–H and O–H groups in total. The summed E-state index contributed by atoms with van der Waals surface area (Å²) in [5, 5.41) is 0. The Morgan fingerprint density at radius 1 is 1.00 bits per heavy atom. The van der Waals surface area contributed by atoms with Gasteiger partial charge in [0, 0.05) is 7.05 Å². The number of pyridine rings is 1. The van der Waals surface area contributed by atoms with E-state index in [2.05, 4.69) is 25.9 Å². The smallest absolute Gasteiger partial charge is 0.372 e. The summed E-state index contributed by atoms with van der Waals surface area (Å²) < 4.78 is 1.75. The molecular formula is C7H10NSTa+. The van der Waals surface area contributed by atoms with E-state index < -0.39 is 0 Å². The fourth-order valence-corrected chi connectivity index (χ4v) is 0.434. The molecule has 1 nitrogen and oxygen atoms in total. The fourth-order valence-electron chi connectivity index (χ4n) is 0.434. The number of thiol groups is 1. The Morgan fingerprint density at radius 3 is 1.60 bits per heavy atom. The summed E-state index contributed by atoms with van der Waals surface area (Å²) >= 11 is 3.28. The molecule has 10 heavy (non-hydrogen) atoms. The number of rotatable bonds is 0. The van der Waals surface area contributed by atoms with Gasteiger partial charge in [-0.2, -0.15) is 0 Å². The van der Waals surface area contributed by atoms with E-state index in [0.29, 0.717) is 0 Å². The Hall–Kier alpha value is 0.110. The summed E-state index contributed by atoms with van der Waals surface area (Å²) in [6.07, 6.45) is 6.72. The second-order valence-corrected chi connectivity index (χ2v) is 1.39. The van der Waals surface area contributed by atoms with Crippen molar-refractivity contribution < 1.29 is 26.9 Å². The van der Waals surface area contributed by atoms with E-state index in [-0.39, 0.29) is 22.4 Å². The normalized spacial score (nSPS) is 6.60. The van der Waals surface area contributed by atoms with Crippen LogP contribution in [-0.2, 0) is 22.4 Å². The fraction of sp³-hybridized carbons (Fsp3) is 0. The average Bonchev–Trinajstić information content (AvgIpc) is 1.94. The van der Waals surface area contributed by atoms with E-state index in [4.69, 9.17) is 0 Å². The maximum Gasteiger partial charge on any atom is 2.00 e. The van der Waals surface area contributed by atoms with Gasteiger partial charge in [0.15, 0.2) is 0 Å². The average molecular weight is 321 g/mol. The van der Waals surface area contributed by atoms with Crippen molar-refractivity contribution in [2.45, 2.75) is 0 Å². The summed E-state index contributed by atoms with van der Waals surface area (Å²) in [6.45, 7) is 0. The molecule has 0 bridgehead atoms. The van der Waals surface area contributed by atoms with Crippen LogP contribution in [0.2, 0.25) is 0 Å². The third kappa shape index (κ3) is 6.23. The van der Waals surface area contributed by atoms with Crippen molar-refractivity contribution in [1.82, 2.24) is 0 Å². The van der Waals surface area contributed by atoms with Crippen molar-refractivity contribution in [3.63, 3.8) is 0 Å². The maximum absolute atomic E-state index is 3.64. The molecule has 0 aliphatic heterocycles. The number of nitrogens with zero attached hydrogens (tertiary/aromatic N) is 1. The predicted octanol–water partition coefficient (Wildman–Crippen LogP) is 1.32. The minimum Gasteiger partial charge on any atom is -0.372 e. The van der Waals surface area contributed by atoms with Gasteiger partial charge in [-0.15, -0.1) is 0 Å². The molecule has 0 aromatic carbocycles. The van der Waals surface area contributed by atoms with Crippen LogP contribution in [0.25, 0.3) is 0 Å². The van der Waals surface area contributed by atoms with Crippen LogP contribution in [0, 0.1) is 13.3 Å². The van der Waals surface area contributed by atoms with Gasteiger partial charge in [0.1, 0.15) is 0 Å². The van der Waals surface area contributed by atoms with Crippen LogP contribution >= 0.6 is 12.6 Å².